The van der Waals surface area contributed by atoms with E-state index in [0.717, 1.165) is 15.7 Å². The summed E-state index contributed by atoms with van der Waals surface area (Å²) in [4.78, 5) is 13.7. The van der Waals surface area contributed by atoms with Crippen LogP contribution in [0.4, 0.5) is 5.69 Å². The fourth-order valence-electron chi connectivity index (χ4n) is 2.41. The van der Waals surface area contributed by atoms with Gasteiger partial charge in [0.15, 0.2) is 0 Å². The van der Waals surface area contributed by atoms with Crippen molar-refractivity contribution >= 4 is 27.5 Å². The van der Waals surface area contributed by atoms with Crippen molar-refractivity contribution in [3.8, 4) is 11.4 Å². The zero-order chi connectivity index (χ0) is 18.7. The fourth-order valence-corrected chi connectivity index (χ4v) is 2.67. The van der Waals surface area contributed by atoms with E-state index in [-0.39, 0.29) is 5.91 Å². The molecule has 0 bridgehead atoms. The largest absolute Gasteiger partial charge is 0.324 e. The Labute approximate surface area is 160 Å². The lowest BCUT2D eigenvalue weighted by Crippen LogP contribution is -2.25. The molecule has 26 heavy (non-hydrogen) atoms. The number of rotatable bonds is 5. The Hall–Kier alpha value is -2.54. The van der Waals surface area contributed by atoms with Gasteiger partial charge in [0.25, 0.3) is 5.91 Å². The van der Waals surface area contributed by atoms with Crippen LogP contribution in [0.3, 0.4) is 0 Å². The average molecular weight is 414 g/mol. The fraction of sp³-hybridized carbons (Fsp3) is 0.263. The molecule has 0 unspecified atom stereocenters. The summed E-state index contributed by atoms with van der Waals surface area (Å²) in [6, 6.07) is 14.9. The third kappa shape index (κ3) is 4.16. The Balaban J connectivity index is 1.71. The number of nitrogens with zero attached hydrogens (tertiary/aromatic N) is 4. The van der Waals surface area contributed by atoms with Crippen LogP contribution in [0.5, 0.6) is 0 Å². The number of halogens is 1. The minimum atomic E-state index is -0.574. The molecule has 3 rings (SSSR count). The van der Waals surface area contributed by atoms with Crippen LogP contribution in [0.15, 0.2) is 53.0 Å². The number of hydrogen-bond donors (Lipinski definition) is 1. The highest BCUT2D eigenvalue weighted by Crippen LogP contribution is 2.20. The van der Waals surface area contributed by atoms with Crippen molar-refractivity contribution in [2.45, 2.75) is 32.7 Å². The first-order valence-corrected chi connectivity index (χ1v) is 9.19. The van der Waals surface area contributed by atoms with E-state index in [9.17, 15) is 4.79 Å². The van der Waals surface area contributed by atoms with Crippen LogP contribution in [0, 0.1) is 0 Å². The summed E-state index contributed by atoms with van der Waals surface area (Å²) in [5.41, 5.74) is 2.85. The Bertz CT molecular complexity index is 887. The van der Waals surface area contributed by atoms with Crippen molar-refractivity contribution in [3.63, 3.8) is 0 Å². The molecule has 1 amide bonds. The second-order valence-corrected chi connectivity index (χ2v) is 7.30. The molecule has 1 N–H and O–H groups in total. The van der Waals surface area contributed by atoms with Gasteiger partial charge in [0.2, 0.25) is 5.82 Å². The van der Waals surface area contributed by atoms with E-state index in [1.165, 1.54) is 10.4 Å². The van der Waals surface area contributed by atoms with Crippen LogP contribution in [-0.4, -0.2) is 26.1 Å². The molecule has 6 nitrogen and oxygen atoms in total. The molecule has 0 saturated carbocycles. The maximum atomic E-state index is 12.4. The Morgan fingerprint density at radius 2 is 1.69 bits per heavy atom. The van der Waals surface area contributed by atoms with E-state index >= 15 is 0 Å². The summed E-state index contributed by atoms with van der Waals surface area (Å²) < 4.78 is 0.953. The van der Waals surface area contributed by atoms with Crippen molar-refractivity contribution in [2.75, 3.05) is 5.32 Å². The number of tetrazole rings is 1. The lowest BCUT2D eigenvalue weighted by Gasteiger charge is -2.10. The second kappa shape index (κ2) is 7.78. The number of benzene rings is 2. The smallest absolute Gasteiger partial charge is 0.250 e. The number of carbonyl (C=O) groups is 1. The monoisotopic (exact) mass is 413 g/mol. The number of amides is 1. The maximum Gasteiger partial charge on any atom is 0.250 e. The van der Waals surface area contributed by atoms with Crippen molar-refractivity contribution in [2.24, 2.45) is 0 Å². The highest BCUT2D eigenvalue weighted by molar-refractivity contribution is 9.10. The molecule has 0 aliphatic rings. The van der Waals surface area contributed by atoms with E-state index in [1.54, 1.807) is 6.92 Å². The number of aromatic nitrogens is 4. The molecule has 0 radical (unpaired) electrons. The van der Waals surface area contributed by atoms with E-state index in [2.05, 4.69) is 62.6 Å². The van der Waals surface area contributed by atoms with Crippen LogP contribution < -0.4 is 5.32 Å². The van der Waals surface area contributed by atoms with Gasteiger partial charge in [-0.15, -0.1) is 10.2 Å². The summed E-state index contributed by atoms with van der Waals surface area (Å²) >= 11 is 3.37. The van der Waals surface area contributed by atoms with Gasteiger partial charge >= 0.3 is 0 Å². The minimum absolute atomic E-state index is 0.202. The zero-order valence-electron chi connectivity index (χ0n) is 14.8. The maximum absolute atomic E-state index is 12.4. The predicted octanol–water partition coefficient (Wildman–Crippen LogP) is 4.43. The van der Waals surface area contributed by atoms with Crippen molar-refractivity contribution in [1.29, 1.82) is 0 Å². The highest BCUT2D eigenvalue weighted by atomic mass is 79.9. The third-order valence-electron chi connectivity index (χ3n) is 4.10. The minimum Gasteiger partial charge on any atom is -0.324 e. The van der Waals surface area contributed by atoms with Crippen LogP contribution in [0.2, 0.25) is 0 Å². The van der Waals surface area contributed by atoms with E-state index in [4.69, 9.17) is 0 Å². The molecule has 0 aliphatic heterocycles. The topological polar surface area (TPSA) is 72.7 Å². The first-order valence-electron chi connectivity index (χ1n) is 8.40. The number of nitrogens with one attached hydrogen (secondary N) is 1. The molecule has 1 atom stereocenters. The van der Waals surface area contributed by atoms with Gasteiger partial charge in [-0.2, -0.15) is 4.80 Å². The van der Waals surface area contributed by atoms with Crippen molar-refractivity contribution < 1.29 is 4.79 Å². The SMILES string of the molecule is CC(C)c1ccc(-c2nnn([C@@H](C)C(=O)Nc3ccc(Br)cc3)n2)cc1. The Kier molecular flexibility index (Phi) is 5.46. The molecule has 0 fully saturated rings. The Morgan fingerprint density at radius 1 is 1.04 bits per heavy atom. The van der Waals surface area contributed by atoms with E-state index < -0.39 is 6.04 Å². The van der Waals surface area contributed by atoms with Gasteiger partial charge < -0.3 is 5.32 Å². The quantitative estimate of drug-likeness (QED) is 0.671. The average Bonchev–Trinajstić information content (AvgIpc) is 3.13. The van der Waals surface area contributed by atoms with Gasteiger partial charge in [-0.05, 0) is 47.9 Å². The lowest BCUT2D eigenvalue weighted by molar-refractivity contribution is -0.119. The molecule has 134 valence electrons. The van der Waals surface area contributed by atoms with Crippen molar-refractivity contribution in [1.82, 2.24) is 20.2 Å². The standard InChI is InChI=1S/C19H20BrN5O/c1-12(2)14-4-6-15(7-5-14)18-22-24-25(23-18)13(3)19(26)21-17-10-8-16(20)9-11-17/h4-13H,1-3H3,(H,21,26)/t13-/m0/s1. The predicted molar refractivity (Wildman–Crippen MR) is 105 cm³/mol. The number of carbonyl (C=O) groups excluding carboxylic acids is 1. The first kappa shape index (κ1) is 18.3. The molecule has 0 spiro atoms. The summed E-state index contributed by atoms with van der Waals surface area (Å²) in [6.07, 6.45) is 0. The van der Waals surface area contributed by atoms with Crippen LogP contribution in [0.1, 0.15) is 38.3 Å². The van der Waals surface area contributed by atoms with Crippen molar-refractivity contribution in [3.05, 3.63) is 58.6 Å². The van der Waals surface area contributed by atoms with E-state index in [1.807, 2.05) is 36.4 Å². The zero-order valence-corrected chi connectivity index (χ0v) is 16.4. The summed E-state index contributed by atoms with van der Waals surface area (Å²) in [7, 11) is 0. The van der Waals surface area contributed by atoms with Gasteiger partial charge in [0, 0.05) is 15.7 Å². The normalized spacial score (nSPS) is 12.2. The molecule has 0 aliphatic carbocycles. The van der Waals surface area contributed by atoms with Crippen LogP contribution >= 0.6 is 15.9 Å². The van der Waals surface area contributed by atoms with Gasteiger partial charge in [-0.1, -0.05) is 54.0 Å². The summed E-state index contributed by atoms with van der Waals surface area (Å²) in [5, 5.41) is 15.3. The number of anilines is 1. The van der Waals surface area contributed by atoms with Crippen LogP contribution in [0.25, 0.3) is 11.4 Å². The van der Waals surface area contributed by atoms with Crippen LogP contribution in [-0.2, 0) is 4.79 Å². The highest BCUT2D eigenvalue weighted by Gasteiger charge is 2.19. The first-order chi connectivity index (χ1) is 12.4. The van der Waals surface area contributed by atoms with Gasteiger partial charge in [0.1, 0.15) is 6.04 Å². The lowest BCUT2D eigenvalue weighted by atomic mass is 10.0. The van der Waals surface area contributed by atoms with Gasteiger partial charge in [-0.3, -0.25) is 4.79 Å². The van der Waals surface area contributed by atoms with Gasteiger partial charge in [-0.25, -0.2) is 0 Å². The summed E-state index contributed by atoms with van der Waals surface area (Å²) in [6.45, 7) is 6.03. The van der Waals surface area contributed by atoms with E-state index in [0.29, 0.717) is 11.7 Å². The van der Waals surface area contributed by atoms with Gasteiger partial charge in [0.05, 0.1) is 0 Å². The molecular weight excluding hydrogens is 394 g/mol. The molecule has 1 heterocycles. The molecule has 1 aromatic heterocycles. The number of hydrogen-bond acceptors (Lipinski definition) is 4. The summed E-state index contributed by atoms with van der Waals surface area (Å²) in [5.74, 6) is 0.769. The molecule has 7 heteroatoms. The molecular formula is C19H20BrN5O. The third-order valence-corrected chi connectivity index (χ3v) is 4.63. The molecule has 0 saturated heterocycles. The molecule has 3 aromatic rings. The second-order valence-electron chi connectivity index (χ2n) is 6.38. The molecule has 2 aromatic carbocycles. The Morgan fingerprint density at radius 3 is 2.31 bits per heavy atom.